The zero-order chi connectivity index (χ0) is 17.6. The molecule has 0 radical (unpaired) electrons. The summed E-state index contributed by atoms with van der Waals surface area (Å²) in [5.41, 5.74) is 0.445. The van der Waals surface area contributed by atoms with Gasteiger partial charge in [-0.2, -0.15) is 0 Å². The van der Waals surface area contributed by atoms with Crippen LogP contribution in [0, 0.1) is 5.92 Å². The minimum atomic E-state index is -3.39. The van der Waals surface area contributed by atoms with Crippen LogP contribution in [0.15, 0.2) is 24.3 Å². The van der Waals surface area contributed by atoms with Gasteiger partial charge in [-0.15, -0.1) is 0 Å². The third-order valence-electron chi connectivity index (χ3n) is 4.43. The van der Waals surface area contributed by atoms with Crippen LogP contribution in [0.4, 0.5) is 0 Å². The third-order valence-corrected chi connectivity index (χ3v) is 5.83. The molecule has 1 saturated carbocycles. The number of carbonyl (C=O) groups excluding carboxylic acids is 1. The van der Waals surface area contributed by atoms with Gasteiger partial charge in [0.25, 0.3) is 5.91 Å². The number of carbonyl (C=O) groups is 1. The van der Waals surface area contributed by atoms with E-state index >= 15 is 0 Å². The standard InChI is InChI=1S/C17H26N2O4S/c1-13-6-3-4-9-16(13)19-24(21,22)11-10-18-17(20)14-7-5-8-15(12-14)23-2/h5,7-8,12-13,16,19H,3-4,6,9-11H2,1-2H3,(H,18,20)/t13-,16+/m1/s1. The summed E-state index contributed by atoms with van der Waals surface area (Å²) >= 11 is 0. The molecule has 0 bridgehead atoms. The second-order valence-electron chi connectivity index (χ2n) is 6.29. The molecule has 2 N–H and O–H groups in total. The maximum atomic E-state index is 12.2. The summed E-state index contributed by atoms with van der Waals surface area (Å²) in [5, 5.41) is 2.64. The van der Waals surface area contributed by atoms with Gasteiger partial charge in [0.15, 0.2) is 0 Å². The van der Waals surface area contributed by atoms with Crippen molar-refractivity contribution in [1.82, 2.24) is 10.0 Å². The van der Waals surface area contributed by atoms with E-state index in [1.807, 2.05) is 0 Å². The number of benzene rings is 1. The molecule has 1 aliphatic carbocycles. The molecule has 1 fully saturated rings. The van der Waals surface area contributed by atoms with Gasteiger partial charge in [-0.3, -0.25) is 4.79 Å². The molecule has 1 amide bonds. The monoisotopic (exact) mass is 354 g/mol. The summed E-state index contributed by atoms with van der Waals surface area (Å²) in [6, 6.07) is 6.76. The molecule has 0 spiro atoms. The van der Waals surface area contributed by atoms with Gasteiger partial charge in [0, 0.05) is 18.2 Å². The predicted molar refractivity (Wildman–Crippen MR) is 93.7 cm³/mol. The Labute approximate surface area is 144 Å². The maximum absolute atomic E-state index is 12.2. The molecule has 134 valence electrons. The lowest BCUT2D eigenvalue weighted by molar-refractivity contribution is 0.0955. The summed E-state index contributed by atoms with van der Waals surface area (Å²) in [5.74, 6) is 0.518. The second kappa shape index (κ2) is 8.48. The Bertz CT molecular complexity index is 660. The first-order chi connectivity index (χ1) is 11.4. The second-order valence-corrected chi connectivity index (χ2v) is 8.17. The Kier molecular flexibility index (Phi) is 6.62. The summed E-state index contributed by atoms with van der Waals surface area (Å²) in [4.78, 5) is 12.1. The van der Waals surface area contributed by atoms with Crippen molar-refractivity contribution < 1.29 is 17.9 Å². The number of sulfonamides is 1. The number of rotatable bonds is 7. The molecule has 0 aromatic heterocycles. The summed E-state index contributed by atoms with van der Waals surface area (Å²) in [6.45, 7) is 2.16. The molecular weight excluding hydrogens is 328 g/mol. The average Bonchev–Trinajstić information content (AvgIpc) is 2.56. The number of ether oxygens (including phenoxy) is 1. The molecule has 2 rings (SSSR count). The predicted octanol–water partition coefficient (Wildman–Crippen LogP) is 1.92. The van der Waals surface area contributed by atoms with E-state index in [9.17, 15) is 13.2 Å². The van der Waals surface area contributed by atoms with Crippen LogP contribution in [-0.4, -0.2) is 39.8 Å². The lowest BCUT2D eigenvalue weighted by atomic mass is 9.87. The Morgan fingerprint density at radius 1 is 1.29 bits per heavy atom. The first-order valence-electron chi connectivity index (χ1n) is 8.33. The Morgan fingerprint density at radius 2 is 2.04 bits per heavy atom. The Hall–Kier alpha value is -1.60. The van der Waals surface area contributed by atoms with Crippen LogP contribution >= 0.6 is 0 Å². The molecule has 0 aliphatic heterocycles. The van der Waals surface area contributed by atoms with Gasteiger partial charge >= 0.3 is 0 Å². The highest BCUT2D eigenvalue weighted by Gasteiger charge is 2.25. The van der Waals surface area contributed by atoms with Gasteiger partial charge in [0.05, 0.1) is 12.9 Å². The van der Waals surface area contributed by atoms with Gasteiger partial charge in [-0.25, -0.2) is 13.1 Å². The topological polar surface area (TPSA) is 84.5 Å². The molecular formula is C17H26N2O4S. The number of nitrogens with one attached hydrogen (secondary N) is 2. The fourth-order valence-electron chi connectivity index (χ4n) is 2.95. The van der Waals surface area contributed by atoms with Crippen LogP contribution in [0.1, 0.15) is 43.0 Å². The number of hydrogen-bond donors (Lipinski definition) is 2. The molecule has 2 atom stereocenters. The smallest absolute Gasteiger partial charge is 0.251 e. The zero-order valence-corrected chi connectivity index (χ0v) is 15.1. The van der Waals surface area contributed by atoms with E-state index in [-0.39, 0.29) is 24.2 Å². The number of hydrogen-bond acceptors (Lipinski definition) is 4. The first kappa shape index (κ1) is 18.7. The largest absolute Gasteiger partial charge is 0.497 e. The van der Waals surface area contributed by atoms with Gasteiger partial charge in [0.1, 0.15) is 5.75 Å². The van der Waals surface area contributed by atoms with E-state index in [2.05, 4.69) is 17.0 Å². The molecule has 7 heteroatoms. The normalized spacial score (nSPS) is 21.2. The molecule has 1 aromatic carbocycles. The molecule has 0 saturated heterocycles. The van der Waals surface area contributed by atoms with Crippen molar-refractivity contribution in [3.05, 3.63) is 29.8 Å². The van der Waals surface area contributed by atoms with Crippen molar-refractivity contribution in [2.75, 3.05) is 19.4 Å². The molecule has 24 heavy (non-hydrogen) atoms. The molecule has 0 unspecified atom stereocenters. The number of methoxy groups -OCH3 is 1. The van der Waals surface area contributed by atoms with Gasteiger partial charge in [0.2, 0.25) is 10.0 Å². The van der Waals surface area contributed by atoms with Crippen molar-refractivity contribution in [2.45, 2.75) is 38.6 Å². The minimum Gasteiger partial charge on any atom is -0.497 e. The quantitative estimate of drug-likeness (QED) is 0.783. The lowest BCUT2D eigenvalue weighted by Crippen LogP contribution is -2.43. The van der Waals surface area contributed by atoms with Crippen LogP contribution in [0.25, 0.3) is 0 Å². The van der Waals surface area contributed by atoms with E-state index in [1.165, 1.54) is 7.11 Å². The van der Waals surface area contributed by atoms with Crippen molar-refractivity contribution in [1.29, 1.82) is 0 Å². The number of amides is 1. The lowest BCUT2D eigenvalue weighted by Gasteiger charge is -2.29. The van der Waals surface area contributed by atoms with Gasteiger partial charge in [-0.1, -0.05) is 25.8 Å². The molecule has 1 aromatic rings. The minimum absolute atomic E-state index is 0.0119. The van der Waals surface area contributed by atoms with E-state index in [0.717, 1.165) is 25.7 Å². The summed E-state index contributed by atoms with van der Waals surface area (Å²) < 4.78 is 32.2. The van der Waals surface area contributed by atoms with Crippen LogP contribution in [0.3, 0.4) is 0 Å². The van der Waals surface area contributed by atoms with Crippen LogP contribution in [0.2, 0.25) is 0 Å². The van der Waals surface area contributed by atoms with Crippen molar-refractivity contribution >= 4 is 15.9 Å². The van der Waals surface area contributed by atoms with E-state index in [0.29, 0.717) is 17.2 Å². The van der Waals surface area contributed by atoms with Gasteiger partial charge in [-0.05, 0) is 37.0 Å². The highest BCUT2D eigenvalue weighted by atomic mass is 32.2. The molecule has 6 nitrogen and oxygen atoms in total. The zero-order valence-electron chi connectivity index (χ0n) is 14.2. The van der Waals surface area contributed by atoms with E-state index in [1.54, 1.807) is 24.3 Å². The van der Waals surface area contributed by atoms with Crippen LogP contribution in [0.5, 0.6) is 5.75 Å². The van der Waals surface area contributed by atoms with Crippen molar-refractivity contribution in [3.8, 4) is 5.75 Å². The molecule has 1 aliphatic rings. The van der Waals surface area contributed by atoms with Crippen molar-refractivity contribution in [2.24, 2.45) is 5.92 Å². The summed E-state index contributed by atoms with van der Waals surface area (Å²) in [7, 11) is -1.86. The average molecular weight is 354 g/mol. The highest BCUT2D eigenvalue weighted by molar-refractivity contribution is 7.89. The highest BCUT2D eigenvalue weighted by Crippen LogP contribution is 2.24. The summed E-state index contributed by atoms with van der Waals surface area (Å²) in [6.07, 6.45) is 4.16. The van der Waals surface area contributed by atoms with Crippen molar-refractivity contribution in [3.63, 3.8) is 0 Å². The first-order valence-corrected chi connectivity index (χ1v) is 9.99. The third kappa shape index (κ3) is 5.49. The van der Waals surface area contributed by atoms with Gasteiger partial charge < -0.3 is 10.1 Å². The fraction of sp³-hybridized carbons (Fsp3) is 0.588. The van der Waals surface area contributed by atoms with E-state index < -0.39 is 10.0 Å². The maximum Gasteiger partial charge on any atom is 0.251 e. The Balaban J connectivity index is 1.82. The van der Waals surface area contributed by atoms with E-state index in [4.69, 9.17) is 4.74 Å². The van der Waals surface area contributed by atoms with Crippen LogP contribution < -0.4 is 14.8 Å². The fourth-order valence-corrected chi connectivity index (χ4v) is 4.25. The Morgan fingerprint density at radius 3 is 2.75 bits per heavy atom. The van der Waals surface area contributed by atoms with Crippen LogP contribution in [-0.2, 0) is 10.0 Å². The SMILES string of the molecule is COc1cccc(C(=O)NCCS(=O)(=O)N[C@H]2CCCC[C@H]2C)c1. The molecule has 0 heterocycles.